The highest BCUT2D eigenvalue weighted by molar-refractivity contribution is 6.03. The van der Waals surface area contributed by atoms with E-state index >= 15 is 0 Å². The lowest BCUT2D eigenvalue weighted by Gasteiger charge is -2.10. The molecule has 0 spiro atoms. The second-order valence-corrected chi connectivity index (χ2v) is 9.14. The third kappa shape index (κ3) is 3.87. The van der Waals surface area contributed by atoms with Gasteiger partial charge in [-0.15, -0.1) is 0 Å². The Bertz CT molecular complexity index is 1720. The molecule has 6 rings (SSSR count). The van der Waals surface area contributed by atoms with Gasteiger partial charge in [-0.3, -0.25) is 9.36 Å². The van der Waals surface area contributed by atoms with Gasteiger partial charge in [0.1, 0.15) is 5.75 Å². The molecule has 2 aromatic heterocycles. The topological polar surface area (TPSA) is 36.2 Å². The van der Waals surface area contributed by atoms with Crippen LogP contribution in [0.15, 0.2) is 109 Å². The summed E-state index contributed by atoms with van der Waals surface area (Å²) >= 11 is 0. The number of fused-ring (bicyclic) bond motifs is 2. The summed E-state index contributed by atoms with van der Waals surface area (Å²) in [6, 6.07) is 32.9. The van der Waals surface area contributed by atoms with E-state index < -0.39 is 0 Å². The lowest BCUT2D eigenvalue weighted by molar-refractivity contribution is 0.0964. The van der Waals surface area contributed by atoms with Crippen LogP contribution < -0.4 is 4.74 Å². The monoisotopic (exact) mass is 470 g/mol. The summed E-state index contributed by atoms with van der Waals surface area (Å²) in [4.78, 5) is 13.3. The number of ether oxygens (including phenoxy) is 1. The first-order valence-electron chi connectivity index (χ1n) is 12.0. The molecule has 4 nitrogen and oxygen atoms in total. The van der Waals surface area contributed by atoms with Gasteiger partial charge in [0, 0.05) is 35.4 Å². The van der Waals surface area contributed by atoms with Crippen LogP contribution in [0.2, 0.25) is 0 Å². The highest BCUT2D eigenvalue weighted by Gasteiger charge is 2.14. The largest absolute Gasteiger partial charge is 0.497 e. The molecule has 2 heterocycles. The van der Waals surface area contributed by atoms with Gasteiger partial charge in [0.15, 0.2) is 0 Å². The predicted molar refractivity (Wildman–Crippen MR) is 146 cm³/mol. The molecule has 0 bridgehead atoms. The van der Waals surface area contributed by atoms with Crippen LogP contribution in [0.25, 0.3) is 32.9 Å². The van der Waals surface area contributed by atoms with Crippen molar-refractivity contribution in [3.63, 3.8) is 0 Å². The molecule has 176 valence electrons. The molecule has 0 aliphatic carbocycles. The van der Waals surface area contributed by atoms with Crippen molar-refractivity contribution < 1.29 is 9.53 Å². The van der Waals surface area contributed by atoms with Gasteiger partial charge in [0.05, 0.1) is 12.6 Å². The number of hydrogen-bond acceptors (Lipinski definition) is 2. The molecule has 36 heavy (non-hydrogen) atoms. The lowest BCUT2D eigenvalue weighted by atomic mass is 10.0. The van der Waals surface area contributed by atoms with Crippen LogP contribution >= 0.6 is 0 Å². The summed E-state index contributed by atoms with van der Waals surface area (Å²) < 4.78 is 9.31. The zero-order chi connectivity index (χ0) is 24.6. The fourth-order valence-electron chi connectivity index (χ4n) is 4.86. The Morgan fingerprint density at radius 3 is 2.14 bits per heavy atom. The van der Waals surface area contributed by atoms with Gasteiger partial charge in [0.2, 0.25) is 0 Å². The number of aromatic nitrogens is 2. The minimum Gasteiger partial charge on any atom is -0.497 e. The summed E-state index contributed by atoms with van der Waals surface area (Å²) in [7, 11) is 1.68. The van der Waals surface area contributed by atoms with E-state index in [1.54, 1.807) is 11.7 Å². The Balaban J connectivity index is 1.37. The number of carbonyl (C=O) groups excluding carboxylic acids is 1. The second kappa shape index (κ2) is 8.90. The van der Waals surface area contributed by atoms with Crippen LogP contribution in [-0.2, 0) is 6.54 Å². The van der Waals surface area contributed by atoms with E-state index in [2.05, 4.69) is 65.4 Å². The zero-order valence-electron chi connectivity index (χ0n) is 20.3. The van der Waals surface area contributed by atoms with Crippen molar-refractivity contribution in [2.75, 3.05) is 7.11 Å². The van der Waals surface area contributed by atoms with E-state index in [0.29, 0.717) is 0 Å². The lowest BCUT2D eigenvalue weighted by Crippen LogP contribution is -2.12. The zero-order valence-corrected chi connectivity index (χ0v) is 20.3. The molecule has 0 aliphatic rings. The molecule has 0 saturated heterocycles. The maximum Gasteiger partial charge on any atom is 0.262 e. The quantitative estimate of drug-likeness (QED) is 0.265. The van der Waals surface area contributed by atoms with E-state index in [-0.39, 0.29) is 5.91 Å². The first-order valence-corrected chi connectivity index (χ1v) is 12.0. The van der Waals surface area contributed by atoms with Crippen LogP contribution in [0.5, 0.6) is 5.75 Å². The Labute approximate surface area is 210 Å². The normalized spacial score (nSPS) is 11.3. The van der Waals surface area contributed by atoms with Crippen LogP contribution in [0.4, 0.5) is 0 Å². The van der Waals surface area contributed by atoms with Gasteiger partial charge in [0.25, 0.3) is 5.91 Å². The Kier molecular flexibility index (Phi) is 5.42. The minimum atomic E-state index is -0.0101. The molecule has 4 aromatic carbocycles. The van der Waals surface area contributed by atoms with E-state index in [0.717, 1.165) is 45.5 Å². The molecular weight excluding hydrogens is 444 g/mol. The van der Waals surface area contributed by atoms with Crippen LogP contribution in [0.1, 0.15) is 21.5 Å². The maximum absolute atomic E-state index is 13.3. The summed E-state index contributed by atoms with van der Waals surface area (Å²) in [6.07, 6.45) is 4.00. The fraction of sp³-hybridized carbons (Fsp3) is 0.0938. The number of carbonyl (C=O) groups is 1. The van der Waals surface area contributed by atoms with Crippen molar-refractivity contribution in [1.82, 2.24) is 9.13 Å². The van der Waals surface area contributed by atoms with Crippen molar-refractivity contribution >= 4 is 27.7 Å². The average molecular weight is 471 g/mol. The smallest absolute Gasteiger partial charge is 0.262 e. The Morgan fingerprint density at radius 2 is 1.42 bits per heavy atom. The van der Waals surface area contributed by atoms with Crippen molar-refractivity contribution in [2.45, 2.75) is 13.5 Å². The molecule has 0 fully saturated rings. The Morgan fingerprint density at radius 1 is 0.750 bits per heavy atom. The standard InChI is InChI=1S/C32H26N2O2/c1-22-5-3-4-6-29(22)32(35)34-18-16-25-10-12-27(20-31(25)34)26-11-9-24-15-17-33(30(24)19-26)21-23-7-13-28(36-2)14-8-23/h3-20H,21H2,1-2H3. The maximum atomic E-state index is 13.3. The molecule has 0 atom stereocenters. The molecule has 6 aromatic rings. The summed E-state index contributed by atoms with van der Waals surface area (Å²) in [6.45, 7) is 2.75. The van der Waals surface area contributed by atoms with E-state index in [9.17, 15) is 4.79 Å². The highest BCUT2D eigenvalue weighted by atomic mass is 16.5. The van der Waals surface area contributed by atoms with E-state index in [1.165, 1.54) is 16.5 Å². The second-order valence-electron chi connectivity index (χ2n) is 9.14. The van der Waals surface area contributed by atoms with Crippen molar-refractivity contribution in [1.29, 1.82) is 0 Å². The Hall–Kier alpha value is -4.57. The first kappa shape index (κ1) is 21.9. The molecule has 0 amide bonds. The van der Waals surface area contributed by atoms with Gasteiger partial charge < -0.3 is 9.30 Å². The number of hydrogen-bond donors (Lipinski definition) is 0. The fourth-order valence-corrected chi connectivity index (χ4v) is 4.86. The molecule has 4 heteroatoms. The average Bonchev–Trinajstić information content (AvgIpc) is 3.52. The number of rotatable bonds is 5. The summed E-state index contributed by atoms with van der Waals surface area (Å²) in [5, 5.41) is 2.25. The third-order valence-corrected chi connectivity index (χ3v) is 6.91. The molecule has 0 saturated carbocycles. The summed E-state index contributed by atoms with van der Waals surface area (Å²) in [5.74, 6) is 0.850. The van der Waals surface area contributed by atoms with Crippen molar-refractivity contribution in [3.05, 3.63) is 126 Å². The van der Waals surface area contributed by atoms with E-state index in [4.69, 9.17) is 4.74 Å². The number of benzene rings is 4. The van der Waals surface area contributed by atoms with Crippen LogP contribution in [-0.4, -0.2) is 22.2 Å². The molecular formula is C32H26N2O2. The van der Waals surface area contributed by atoms with E-state index in [1.807, 2.05) is 55.6 Å². The SMILES string of the molecule is COc1ccc(Cn2ccc3ccc(-c4ccc5ccn(C(=O)c6ccccc6C)c5c4)cc32)cc1. The third-order valence-electron chi connectivity index (χ3n) is 6.91. The number of nitrogens with zero attached hydrogens (tertiary/aromatic N) is 2. The summed E-state index contributed by atoms with van der Waals surface area (Å²) in [5.41, 5.74) is 7.20. The molecule has 0 aliphatic heterocycles. The minimum absolute atomic E-state index is 0.0101. The molecule has 0 N–H and O–H groups in total. The van der Waals surface area contributed by atoms with Gasteiger partial charge in [-0.25, -0.2) is 0 Å². The number of methoxy groups -OCH3 is 1. The van der Waals surface area contributed by atoms with Crippen molar-refractivity contribution in [2.24, 2.45) is 0 Å². The van der Waals surface area contributed by atoms with Crippen molar-refractivity contribution in [3.8, 4) is 16.9 Å². The van der Waals surface area contributed by atoms with Gasteiger partial charge in [-0.2, -0.15) is 0 Å². The van der Waals surface area contributed by atoms with Gasteiger partial charge in [-0.05, 0) is 77.0 Å². The van der Waals surface area contributed by atoms with Crippen LogP contribution in [0, 0.1) is 6.92 Å². The molecule has 0 radical (unpaired) electrons. The predicted octanol–water partition coefficient (Wildman–Crippen LogP) is 7.32. The van der Waals surface area contributed by atoms with Gasteiger partial charge in [-0.1, -0.05) is 54.6 Å². The number of aryl methyl sites for hydroxylation is 1. The van der Waals surface area contributed by atoms with Crippen LogP contribution in [0.3, 0.4) is 0 Å². The highest BCUT2D eigenvalue weighted by Crippen LogP contribution is 2.29. The van der Waals surface area contributed by atoms with Gasteiger partial charge >= 0.3 is 0 Å². The first-order chi connectivity index (χ1) is 17.6. The molecule has 0 unspecified atom stereocenters.